The van der Waals surface area contributed by atoms with Gasteiger partial charge in [-0.15, -0.1) is 0 Å². The predicted molar refractivity (Wildman–Crippen MR) is 85.5 cm³/mol. The van der Waals surface area contributed by atoms with Crippen molar-refractivity contribution in [2.45, 2.75) is 32.3 Å². The minimum Gasteiger partial charge on any atom is -0.368 e. The Morgan fingerprint density at radius 2 is 1.90 bits per heavy atom. The van der Waals surface area contributed by atoms with Gasteiger partial charge in [-0.05, 0) is 25.0 Å². The molecule has 0 bridgehead atoms. The molecule has 0 radical (unpaired) electrons. The molecule has 1 unspecified atom stereocenters. The fraction of sp³-hybridized carbons (Fsp3) is 0.571. The molecule has 1 atom stereocenters. The van der Waals surface area contributed by atoms with Gasteiger partial charge in [0.2, 0.25) is 0 Å². The van der Waals surface area contributed by atoms with E-state index in [1.54, 1.807) is 18.2 Å². The first-order valence-electron chi connectivity index (χ1n) is 6.68. The van der Waals surface area contributed by atoms with Crippen molar-refractivity contribution >= 4 is 33.3 Å². The third kappa shape index (κ3) is 5.42. The summed E-state index contributed by atoms with van der Waals surface area (Å²) in [4.78, 5) is 0. The van der Waals surface area contributed by atoms with E-state index in [4.69, 9.17) is 32.1 Å². The topological polar surface area (TPSA) is 52.6 Å². The van der Waals surface area contributed by atoms with Gasteiger partial charge in [0.15, 0.2) is 0 Å². The van der Waals surface area contributed by atoms with E-state index < -0.39 is 15.7 Å². The summed E-state index contributed by atoms with van der Waals surface area (Å²) >= 11 is 12.2. The number of ether oxygens (including phenoxy) is 1. The van der Waals surface area contributed by atoms with Crippen molar-refractivity contribution < 1.29 is 17.3 Å². The molecule has 120 valence electrons. The van der Waals surface area contributed by atoms with E-state index in [0.29, 0.717) is 28.6 Å². The number of hydrogen-bond donors (Lipinski definition) is 0. The first-order chi connectivity index (χ1) is 9.74. The fourth-order valence-corrected chi connectivity index (χ4v) is 2.94. The van der Waals surface area contributed by atoms with E-state index in [2.05, 4.69) is 0 Å². The molecule has 7 heteroatoms. The van der Waals surface area contributed by atoms with E-state index in [1.807, 2.05) is 13.8 Å². The molecule has 0 spiro atoms. The van der Waals surface area contributed by atoms with Gasteiger partial charge in [0, 0.05) is 22.2 Å². The van der Waals surface area contributed by atoms with Crippen molar-refractivity contribution in [1.29, 1.82) is 0 Å². The van der Waals surface area contributed by atoms with Crippen LogP contribution >= 0.6 is 23.2 Å². The van der Waals surface area contributed by atoms with E-state index in [1.165, 1.54) is 0 Å². The summed E-state index contributed by atoms with van der Waals surface area (Å²) in [5, 5.41) is 0.936. The maximum Gasteiger partial charge on any atom is 0.264 e. The summed E-state index contributed by atoms with van der Waals surface area (Å²) in [6.45, 7) is 4.22. The van der Waals surface area contributed by atoms with Crippen molar-refractivity contribution in [3.8, 4) is 0 Å². The largest absolute Gasteiger partial charge is 0.368 e. The highest BCUT2D eigenvalue weighted by atomic mass is 35.5. The Kier molecular flexibility index (Phi) is 6.94. The molecule has 0 heterocycles. The molecule has 0 aliphatic carbocycles. The Balaban J connectivity index is 3.20. The smallest absolute Gasteiger partial charge is 0.264 e. The Hall–Kier alpha value is -0.330. The van der Waals surface area contributed by atoms with Gasteiger partial charge in [0.05, 0.1) is 12.9 Å². The van der Waals surface area contributed by atoms with E-state index in [0.717, 1.165) is 12.7 Å². The Morgan fingerprint density at radius 1 is 1.24 bits per heavy atom. The molecule has 0 saturated heterocycles. The zero-order valence-electron chi connectivity index (χ0n) is 12.4. The lowest BCUT2D eigenvalue weighted by Gasteiger charge is -2.33. The number of hydrogen-bond acceptors (Lipinski definition) is 4. The molecule has 0 saturated carbocycles. The van der Waals surface area contributed by atoms with Crippen LogP contribution in [0.2, 0.25) is 10.0 Å². The summed E-state index contributed by atoms with van der Waals surface area (Å²) in [6.07, 6.45) is 2.33. The molecule has 4 nitrogen and oxygen atoms in total. The van der Waals surface area contributed by atoms with Crippen LogP contribution in [-0.4, -0.2) is 27.9 Å². The monoisotopic (exact) mass is 354 g/mol. The van der Waals surface area contributed by atoms with Crippen molar-refractivity contribution in [1.82, 2.24) is 0 Å². The molecule has 1 aromatic carbocycles. The van der Waals surface area contributed by atoms with Gasteiger partial charge < -0.3 is 4.74 Å². The van der Waals surface area contributed by atoms with Gasteiger partial charge in [-0.25, -0.2) is 0 Å². The zero-order valence-corrected chi connectivity index (χ0v) is 14.7. The standard InChI is InChI=1S/C14H20Cl2O4S/c1-4-8-19-14(5-2,10-20-21(3,17)18)12-7-6-11(15)9-13(12)16/h6-7,9H,4-5,8,10H2,1-3H3. The van der Waals surface area contributed by atoms with Gasteiger partial charge in [-0.3, -0.25) is 4.18 Å². The second-order valence-corrected chi connectivity index (χ2v) is 7.27. The summed E-state index contributed by atoms with van der Waals surface area (Å²) in [5.74, 6) is 0. The fourth-order valence-electron chi connectivity index (χ4n) is 1.95. The number of halogens is 2. The van der Waals surface area contributed by atoms with Crippen LogP contribution in [0.25, 0.3) is 0 Å². The highest BCUT2D eigenvalue weighted by molar-refractivity contribution is 7.85. The van der Waals surface area contributed by atoms with Gasteiger partial charge >= 0.3 is 0 Å². The molecule has 0 fully saturated rings. The van der Waals surface area contributed by atoms with Crippen LogP contribution in [0.5, 0.6) is 0 Å². The first kappa shape index (κ1) is 18.7. The number of benzene rings is 1. The first-order valence-corrected chi connectivity index (χ1v) is 9.25. The van der Waals surface area contributed by atoms with Gasteiger partial charge in [-0.1, -0.05) is 43.1 Å². The molecule has 21 heavy (non-hydrogen) atoms. The van der Waals surface area contributed by atoms with Crippen molar-refractivity contribution in [3.63, 3.8) is 0 Å². The molecular formula is C14H20Cl2O4S. The highest BCUT2D eigenvalue weighted by Crippen LogP contribution is 2.36. The molecule has 0 N–H and O–H groups in total. The lowest BCUT2D eigenvalue weighted by atomic mass is 9.91. The quantitative estimate of drug-likeness (QED) is 0.662. The van der Waals surface area contributed by atoms with Crippen molar-refractivity contribution in [2.75, 3.05) is 19.5 Å². The maximum atomic E-state index is 11.3. The Labute approximate surface area is 136 Å². The lowest BCUT2D eigenvalue weighted by molar-refractivity contribution is -0.0800. The van der Waals surface area contributed by atoms with Crippen LogP contribution in [-0.2, 0) is 24.6 Å². The summed E-state index contributed by atoms with van der Waals surface area (Å²) < 4.78 is 33.5. The van der Waals surface area contributed by atoms with Crippen LogP contribution in [0.15, 0.2) is 18.2 Å². The van der Waals surface area contributed by atoms with Crippen LogP contribution < -0.4 is 0 Å². The second-order valence-electron chi connectivity index (χ2n) is 4.79. The van der Waals surface area contributed by atoms with Crippen molar-refractivity contribution in [3.05, 3.63) is 33.8 Å². The van der Waals surface area contributed by atoms with Crippen LogP contribution in [0, 0.1) is 0 Å². The lowest BCUT2D eigenvalue weighted by Crippen LogP contribution is -2.36. The van der Waals surface area contributed by atoms with E-state index >= 15 is 0 Å². The van der Waals surface area contributed by atoms with E-state index in [9.17, 15) is 8.42 Å². The van der Waals surface area contributed by atoms with Crippen LogP contribution in [0.3, 0.4) is 0 Å². The van der Waals surface area contributed by atoms with Gasteiger partial charge in [0.25, 0.3) is 10.1 Å². The highest BCUT2D eigenvalue weighted by Gasteiger charge is 2.35. The molecule has 0 aromatic heterocycles. The van der Waals surface area contributed by atoms with Crippen molar-refractivity contribution in [2.24, 2.45) is 0 Å². The maximum absolute atomic E-state index is 11.3. The summed E-state index contributed by atoms with van der Waals surface area (Å²) in [5.41, 5.74) is -0.242. The second kappa shape index (κ2) is 7.79. The SMILES string of the molecule is CCCOC(CC)(COS(C)(=O)=O)c1ccc(Cl)cc1Cl. The van der Waals surface area contributed by atoms with E-state index in [-0.39, 0.29) is 6.61 Å². The predicted octanol–water partition coefficient (Wildman–Crippen LogP) is 4.00. The third-order valence-electron chi connectivity index (χ3n) is 3.08. The number of rotatable bonds is 8. The molecule has 0 aliphatic heterocycles. The van der Waals surface area contributed by atoms with Gasteiger partial charge in [-0.2, -0.15) is 8.42 Å². The Morgan fingerprint density at radius 3 is 2.38 bits per heavy atom. The summed E-state index contributed by atoms with van der Waals surface area (Å²) in [6, 6.07) is 5.05. The zero-order chi connectivity index (χ0) is 16.1. The molecule has 1 rings (SSSR count). The average Bonchev–Trinajstić information content (AvgIpc) is 2.39. The average molecular weight is 355 g/mol. The summed E-state index contributed by atoms with van der Waals surface area (Å²) in [7, 11) is -3.57. The Bertz CT molecular complexity index is 574. The molecule has 0 amide bonds. The minimum absolute atomic E-state index is 0.121. The van der Waals surface area contributed by atoms with Crippen LogP contribution in [0.1, 0.15) is 32.3 Å². The molecule has 0 aliphatic rings. The third-order valence-corrected chi connectivity index (χ3v) is 4.18. The molecular weight excluding hydrogens is 335 g/mol. The van der Waals surface area contributed by atoms with Gasteiger partial charge in [0.1, 0.15) is 5.60 Å². The van der Waals surface area contributed by atoms with Crippen LogP contribution in [0.4, 0.5) is 0 Å². The normalized spacial score (nSPS) is 14.9. The molecule has 1 aromatic rings. The minimum atomic E-state index is -3.57.